The second-order valence-electron chi connectivity index (χ2n) is 10.0. The Hall–Kier alpha value is -1.79. The highest BCUT2D eigenvalue weighted by Crippen LogP contribution is 2.33. The fourth-order valence-electron chi connectivity index (χ4n) is 5.46. The third-order valence-electron chi connectivity index (χ3n) is 7.33. The van der Waals surface area contributed by atoms with Crippen molar-refractivity contribution in [3.8, 4) is 5.75 Å². The van der Waals surface area contributed by atoms with Crippen molar-refractivity contribution in [2.24, 2.45) is 5.92 Å². The molecule has 4 rings (SSSR count). The lowest BCUT2D eigenvalue weighted by atomic mass is 9.89. The number of benzene rings is 1. The maximum absolute atomic E-state index is 12.1. The molecular formula is C26H41N3O3. The maximum atomic E-state index is 12.1. The summed E-state index contributed by atoms with van der Waals surface area (Å²) in [6.45, 7) is 12.6. The summed E-state index contributed by atoms with van der Waals surface area (Å²) in [7, 11) is 0. The van der Waals surface area contributed by atoms with Gasteiger partial charge in [0.1, 0.15) is 12.4 Å². The first kappa shape index (κ1) is 23.4. The number of nitrogens with zero attached hydrogens (tertiary/aromatic N) is 3. The van der Waals surface area contributed by atoms with Crippen LogP contribution < -0.4 is 9.64 Å². The van der Waals surface area contributed by atoms with Gasteiger partial charge in [-0.25, -0.2) is 0 Å². The molecule has 6 heteroatoms. The van der Waals surface area contributed by atoms with Gasteiger partial charge in [-0.05, 0) is 75.3 Å². The van der Waals surface area contributed by atoms with Gasteiger partial charge in [0.15, 0.2) is 0 Å². The monoisotopic (exact) mass is 443 g/mol. The molecule has 1 spiro atoms. The van der Waals surface area contributed by atoms with E-state index >= 15 is 0 Å². The minimum atomic E-state index is -0.158. The van der Waals surface area contributed by atoms with E-state index in [0.29, 0.717) is 0 Å². The van der Waals surface area contributed by atoms with Crippen molar-refractivity contribution in [2.45, 2.75) is 58.0 Å². The van der Waals surface area contributed by atoms with Crippen LogP contribution in [0.4, 0.5) is 5.69 Å². The molecule has 32 heavy (non-hydrogen) atoms. The van der Waals surface area contributed by atoms with E-state index in [-0.39, 0.29) is 18.1 Å². The summed E-state index contributed by atoms with van der Waals surface area (Å²) in [5.74, 6) is 1.93. The lowest BCUT2D eigenvalue weighted by molar-refractivity contribution is -0.167. The fraction of sp³-hybridized carbons (Fsp3) is 0.731. The quantitative estimate of drug-likeness (QED) is 0.572. The Morgan fingerprint density at radius 1 is 1.12 bits per heavy atom. The molecule has 6 nitrogen and oxygen atoms in total. The molecule has 0 bridgehead atoms. The summed E-state index contributed by atoms with van der Waals surface area (Å²) in [6.07, 6.45) is 6.73. The number of hydrogen-bond acceptors (Lipinski definition) is 5. The third kappa shape index (κ3) is 5.96. The normalized spacial score (nSPS) is 24.2. The van der Waals surface area contributed by atoms with Gasteiger partial charge in [0.2, 0.25) is 5.91 Å². The van der Waals surface area contributed by atoms with Gasteiger partial charge in [0.25, 0.3) is 0 Å². The summed E-state index contributed by atoms with van der Waals surface area (Å²) in [6, 6.07) is 8.55. The van der Waals surface area contributed by atoms with E-state index in [4.69, 9.17) is 9.47 Å². The zero-order chi connectivity index (χ0) is 22.4. The Morgan fingerprint density at radius 3 is 2.62 bits per heavy atom. The van der Waals surface area contributed by atoms with Crippen LogP contribution in [0.25, 0.3) is 0 Å². The number of piperidine rings is 2. The number of likely N-dealkylation sites (tertiary alicyclic amines) is 1. The highest BCUT2D eigenvalue weighted by molar-refractivity contribution is 5.78. The van der Waals surface area contributed by atoms with Gasteiger partial charge in [-0.3, -0.25) is 4.79 Å². The van der Waals surface area contributed by atoms with Crippen LogP contribution in [0.1, 0.15) is 52.4 Å². The standard InChI is InChI=1S/C26H41N3O3/c1-3-13-29-21-26(32-20-25(29)30)11-16-28(17-12-26)23-7-9-24(10-8-23)31-18-5-15-27-14-4-6-22(2)19-27/h7-10,22H,3-6,11-21H2,1-2H3/t22-/m0/s1. The Bertz CT molecular complexity index is 730. The molecule has 0 unspecified atom stereocenters. The Morgan fingerprint density at radius 2 is 1.91 bits per heavy atom. The predicted molar refractivity (Wildman–Crippen MR) is 128 cm³/mol. The van der Waals surface area contributed by atoms with E-state index in [1.807, 2.05) is 4.90 Å². The second-order valence-corrected chi connectivity index (χ2v) is 10.0. The highest BCUT2D eigenvalue weighted by atomic mass is 16.5. The molecule has 1 aromatic carbocycles. The van der Waals surface area contributed by atoms with Crippen molar-refractivity contribution in [1.29, 1.82) is 0 Å². The lowest BCUT2D eigenvalue weighted by Crippen LogP contribution is -2.58. The number of carbonyl (C=O) groups is 1. The molecule has 3 aliphatic heterocycles. The molecule has 1 atom stereocenters. The average Bonchev–Trinajstić information content (AvgIpc) is 2.81. The molecule has 1 amide bonds. The number of rotatable bonds is 8. The smallest absolute Gasteiger partial charge is 0.248 e. The number of carbonyl (C=O) groups excluding carboxylic acids is 1. The summed E-state index contributed by atoms with van der Waals surface area (Å²) in [4.78, 5) is 19.1. The van der Waals surface area contributed by atoms with Gasteiger partial charge in [-0.15, -0.1) is 0 Å². The van der Waals surface area contributed by atoms with Crippen LogP contribution in [0.5, 0.6) is 5.75 Å². The Labute approximate surface area is 193 Å². The molecule has 178 valence electrons. The van der Waals surface area contributed by atoms with Crippen molar-refractivity contribution in [3.63, 3.8) is 0 Å². The van der Waals surface area contributed by atoms with Crippen LogP contribution in [0.3, 0.4) is 0 Å². The van der Waals surface area contributed by atoms with Gasteiger partial charge in [-0.1, -0.05) is 13.8 Å². The largest absolute Gasteiger partial charge is 0.494 e. The maximum Gasteiger partial charge on any atom is 0.248 e. The summed E-state index contributed by atoms with van der Waals surface area (Å²) >= 11 is 0. The van der Waals surface area contributed by atoms with Crippen LogP contribution in [0, 0.1) is 5.92 Å². The molecule has 0 radical (unpaired) electrons. The topological polar surface area (TPSA) is 45.2 Å². The molecule has 0 aromatic heterocycles. The van der Waals surface area contributed by atoms with E-state index in [0.717, 1.165) is 76.7 Å². The van der Waals surface area contributed by atoms with Crippen molar-refractivity contribution < 1.29 is 14.3 Å². The second kappa shape index (κ2) is 10.9. The lowest BCUT2D eigenvalue weighted by Gasteiger charge is -2.47. The molecule has 0 N–H and O–H groups in total. The molecule has 3 fully saturated rings. The minimum Gasteiger partial charge on any atom is -0.494 e. The van der Waals surface area contributed by atoms with E-state index in [9.17, 15) is 4.79 Å². The van der Waals surface area contributed by atoms with Crippen LogP contribution in [0.2, 0.25) is 0 Å². The third-order valence-corrected chi connectivity index (χ3v) is 7.33. The number of anilines is 1. The predicted octanol–water partition coefficient (Wildman–Crippen LogP) is 3.80. The van der Waals surface area contributed by atoms with Gasteiger partial charge in [-0.2, -0.15) is 0 Å². The minimum absolute atomic E-state index is 0.140. The summed E-state index contributed by atoms with van der Waals surface area (Å²) in [5.41, 5.74) is 1.08. The van der Waals surface area contributed by atoms with Crippen molar-refractivity contribution >= 4 is 11.6 Å². The fourth-order valence-corrected chi connectivity index (χ4v) is 5.46. The summed E-state index contributed by atoms with van der Waals surface area (Å²) < 4.78 is 12.1. The first-order valence-corrected chi connectivity index (χ1v) is 12.7. The van der Waals surface area contributed by atoms with Gasteiger partial charge < -0.3 is 24.2 Å². The van der Waals surface area contributed by atoms with Gasteiger partial charge >= 0.3 is 0 Å². The van der Waals surface area contributed by atoms with Crippen molar-refractivity contribution in [1.82, 2.24) is 9.80 Å². The molecule has 1 aromatic rings. The van der Waals surface area contributed by atoms with Crippen molar-refractivity contribution in [3.05, 3.63) is 24.3 Å². The molecule has 3 heterocycles. The zero-order valence-corrected chi connectivity index (χ0v) is 20.1. The Balaban J connectivity index is 1.20. The van der Waals surface area contributed by atoms with Crippen LogP contribution in [-0.2, 0) is 9.53 Å². The van der Waals surface area contributed by atoms with E-state index in [2.05, 4.69) is 47.9 Å². The van der Waals surface area contributed by atoms with E-state index < -0.39 is 0 Å². The van der Waals surface area contributed by atoms with Crippen LogP contribution in [0.15, 0.2) is 24.3 Å². The Kier molecular flexibility index (Phi) is 7.95. The number of amides is 1. The number of hydrogen-bond donors (Lipinski definition) is 0. The van der Waals surface area contributed by atoms with Gasteiger partial charge in [0.05, 0.1) is 12.2 Å². The first-order chi connectivity index (χ1) is 15.6. The molecule has 3 saturated heterocycles. The molecule has 0 aliphatic carbocycles. The van der Waals surface area contributed by atoms with E-state index in [1.54, 1.807) is 0 Å². The summed E-state index contributed by atoms with van der Waals surface area (Å²) in [5, 5.41) is 0. The van der Waals surface area contributed by atoms with Crippen LogP contribution in [-0.4, -0.2) is 80.3 Å². The molecule has 3 aliphatic rings. The van der Waals surface area contributed by atoms with E-state index in [1.165, 1.54) is 31.6 Å². The van der Waals surface area contributed by atoms with Crippen LogP contribution >= 0.6 is 0 Å². The highest BCUT2D eigenvalue weighted by Gasteiger charge is 2.42. The number of ether oxygens (including phenoxy) is 2. The van der Waals surface area contributed by atoms with Crippen molar-refractivity contribution in [2.75, 3.05) is 63.9 Å². The SMILES string of the molecule is CCCN1CC2(CCN(c3ccc(OCCCN4CCC[C@H](C)C4)cc3)CC2)OCC1=O. The molecular weight excluding hydrogens is 402 g/mol. The average molecular weight is 444 g/mol. The first-order valence-electron chi connectivity index (χ1n) is 12.7. The van der Waals surface area contributed by atoms with Gasteiger partial charge in [0, 0.05) is 45.0 Å². The zero-order valence-electron chi connectivity index (χ0n) is 20.1. The molecule has 0 saturated carbocycles. The number of morpholine rings is 1.